The maximum absolute atomic E-state index is 13.0. The minimum atomic E-state index is -0.498. The van der Waals surface area contributed by atoms with Gasteiger partial charge in [-0.2, -0.15) is 0 Å². The number of ether oxygens (including phenoxy) is 1. The van der Waals surface area contributed by atoms with Gasteiger partial charge >= 0.3 is 5.97 Å². The van der Waals surface area contributed by atoms with Crippen molar-refractivity contribution in [1.29, 1.82) is 0 Å². The number of hydrogen-bond acceptors (Lipinski definition) is 3. The molecule has 0 spiro atoms. The molecule has 0 saturated carbocycles. The molecule has 0 unspecified atom stereocenters. The Balaban J connectivity index is 2.10. The average molecular weight is 338 g/mol. The van der Waals surface area contributed by atoms with Gasteiger partial charge in [0.05, 0.1) is 5.56 Å². The lowest BCUT2D eigenvalue weighted by Gasteiger charge is -2.09. The number of nitrogen functional groups attached to an aromatic ring is 1. The molecule has 0 bridgehead atoms. The Morgan fingerprint density at radius 3 is 2.75 bits per heavy atom. The first-order valence-corrected chi connectivity index (χ1v) is 6.74. The molecule has 2 N–H and O–H groups in total. The second kappa shape index (κ2) is 6.05. The third kappa shape index (κ3) is 3.36. The Morgan fingerprint density at radius 2 is 2.05 bits per heavy atom. The van der Waals surface area contributed by atoms with Crippen LogP contribution in [0.15, 0.2) is 40.9 Å². The highest BCUT2D eigenvalue weighted by atomic mass is 79.9. The number of hydrogen-bond donors (Lipinski definition) is 1. The molecule has 0 aliphatic heterocycles. The molecule has 0 fully saturated rings. The molecule has 0 amide bonds. The Bertz CT molecular complexity index is 658. The number of halogens is 2. The number of benzene rings is 2. The van der Waals surface area contributed by atoms with E-state index in [0.29, 0.717) is 21.3 Å². The van der Waals surface area contributed by atoms with Crippen molar-refractivity contribution >= 4 is 27.6 Å². The van der Waals surface area contributed by atoms with Gasteiger partial charge in [0.15, 0.2) is 0 Å². The summed E-state index contributed by atoms with van der Waals surface area (Å²) < 4.78 is 18.7. The summed E-state index contributed by atoms with van der Waals surface area (Å²) in [6, 6.07) is 9.37. The number of carbonyl (C=O) groups is 1. The second-order valence-corrected chi connectivity index (χ2v) is 5.26. The van der Waals surface area contributed by atoms with Crippen molar-refractivity contribution in [3.63, 3.8) is 0 Å². The lowest BCUT2D eigenvalue weighted by atomic mass is 10.1. The van der Waals surface area contributed by atoms with Crippen molar-refractivity contribution in [1.82, 2.24) is 0 Å². The molecule has 0 aliphatic rings. The van der Waals surface area contributed by atoms with E-state index in [-0.39, 0.29) is 12.4 Å². The minimum Gasteiger partial charge on any atom is -0.457 e. The number of aryl methyl sites for hydroxylation is 1. The topological polar surface area (TPSA) is 52.3 Å². The summed E-state index contributed by atoms with van der Waals surface area (Å²) in [4.78, 5) is 12.0. The minimum absolute atomic E-state index is 0.0487. The molecule has 2 aromatic carbocycles. The Labute approximate surface area is 124 Å². The van der Waals surface area contributed by atoms with Crippen molar-refractivity contribution in [2.24, 2.45) is 0 Å². The van der Waals surface area contributed by atoms with Crippen LogP contribution >= 0.6 is 15.9 Å². The highest BCUT2D eigenvalue weighted by Gasteiger charge is 2.12. The van der Waals surface area contributed by atoms with E-state index < -0.39 is 5.97 Å². The van der Waals surface area contributed by atoms with Crippen LogP contribution in [0.3, 0.4) is 0 Å². The van der Waals surface area contributed by atoms with Crippen molar-refractivity contribution in [3.8, 4) is 0 Å². The SMILES string of the molecule is Cc1ccc(N)c(C(=O)OCc2ccc(F)cc2Br)c1. The lowest BCUT2D eigenvalue weighted by Crippen LogP contribution is -2.09. The van der Waals surface area contributed by atoms with E-state index in [2.05, 4.69) is 15.9 Å². The quantitative estimate of drug-likeness (QED) is 0.683. The summed E-state index contributed by atoms with van der Waals surface area (Å²) in [5.41, 5.74) is 8.07. The number of anilines is 1. The Kier molecular flexibility index (Phi) is 4.39. The molecular weight excluding hydrogens is 325 g/mol. The summed E-state index contributed by atoms with van der Waals surface area (Å²) in [6.45, 7) is 1.92. The molecule has 0 atom stereocenters. The van der Waals surface area contributed by atoms with Crippen LogP contribution in [0.2, 0.25) is 0 Å². The van der Waals surface area contributed by atoms with Gasteiger partial charge in [-0.15, -0.1) is 0 Å². The van der Waals surface area contributed by atoms with Gasteiger partial charge in [-0.05, 0) is 31.2 Å². The number of carbonyl (C=O) groups excluding carboxylic acids is 1. The van der Waals surface area contributed by atoms with E-state index in [9.17, 15) is 9.18 Å². The van der Waals surface area contributed by atoms with Gasteiger partial charge < -0.3 is 10.5 Å². The van der Waals surface area contributed by atoms with E-state index in [1.165, 1.54) is 12.1 Å². The molecule has 2 aromatic rings. The van der Waals surface area contributed by atoms with Crippen LogP contribution in [0.25, 0.3) is 0 Å². The Hall–Kier alpha value is -1.88. The van der Waals surface area contributed by atoms with Crippen LogP contribution in [0.4, 0.5) is 10.1 Å². The number of esters is 1. The van der Waals surface area contributed by atoms with Crippen LogP contribution in [0.1, 0.15) is 21.5 Å². The highest BCUT2D eigenvalue weighted by Crippen LogP contribution is 2.20. The summed E-state index contributed by atoms with van der Waals surface area (Å²) >= 11 is 3.22. The molecule has 0 aliphatic carbocycles. The van der Waals surface area contributed by atoms with Crippen molar-refractivity contribution in [3.05, 3.63) is 63.4 Å². The fourth-order valence-corrected chi connectivity index (χ4v) is 2.17. The lowest BCUT2D eigenvalue weighted by molar-refractivity contribution is 0.0473. The molecule has 5 heteroatoms. The molecule has 2 rings (SSSR count). The van der Waals surface area contributed by atoms with Crippen molar-refractivity contribution < 1.29 is 13.9 Å². The van der Waals surface area contributed by atoms with Gasteiger partial charge in [-0.25, -0.2) is 9.18 Å². The first-order valence-electron chi connectivity index (χ1n) is 5.94. The molecule has 0 heterocycles. The predicted molar refractivity (Wildman–Crippen MR) is 78.8 cm³/mol. The summed E-state index contributed by atoms with van der Waals surface area (Å²) in [7, 11) is 0. The predicted octanol–water partition coefficient (Wildman–Crippen LogP) is 3.84. The zero-order valence-electron chi connectivity index (χ0n) is 10.8. The van der Waals surface area contributed by atoms with Gasteiger partial charge in [0.1, 0.15) is 12.4 Å². The third-order valence-corrected chi connectivity index (χ3v) is 3.54. The number of nitrogens with two attached hydrogens (primary N) is 1. The first-order chi connectivity index (χ1) is 9.47. The standard InChI is InChI=1S/C15H13BrFNO2/c1-9-2-5-14(18)12(6-9)15(19)20-8-10-3-4-11(17)7-13(10)16/h2-7H,8,18H2,1H3. The number of rotatable bonds is 3. The van der Waals surface area contributed by atoms with E-state index in [1.807, 2.05) is 13.0 Å². The maximum atomic E-state index is 13.0. The average Bonchev–Trinajstić information content (AvgIpc) is 2.40. The first kappa shape index (κ1) is 14.5. The normalized spacial score (nSPS) is 10.3. The van der Waals surface area contributed by atoms with Crippen LogP contribution in [-0.4, -0.2) is 5.97 Å². The van der Waals surface area contributed by atoms with E-state index in [1.54, 1.807) is 18.2 Å². The fraction of sp³-hybridized carbons (Fsp3) is 0.133. The third-order valence-electron chi connectivity index (χ3n) is 2.80. The van der Waals surface area contributed by atoms with Gasteiger partial charge in [0, 0.05) is 15.7 Å². The van der Waals surface area contributed by atoms with Crippen LogP contribution in [0.5, 0.6) is 0 Å². The van der Waals surface area contributed by atoms with Gasteiger partial charge in [0.25, 0.3) is 0 Å². The van der Waals surface area contributed by atoms with E-state index in [4.69, 9.17) is 10.5 Å². The highest BCUT2D eigenvalue weighted by molar-refractivity contribution is 9.10. The zero-order chi connectivity index (χ0) is 14.7. The summed E-state index contributed by atoms with van der Waals surface area (Å²) in [5, 5.41) is 0. The molecular formula is C15H13BrFNO2. The molecule has 20 heavy (non-hydrogen) atoms. The van der Waals surface area contributed by atoms with Crippen molar-refractivity contribution in [2.45, 2.75) is 13.5 Å². The summed E-state index contributed by atoms with van der Waals surface area (Å²) in [5.74, 6) is -0.850. The van der Waals surface area contributed by atoms with Crippen LogP contribution in [-0.2, 0) is 11.3 Å². The van der Waals surface area contributed by atoms with Gasteiger partial charge in [-0.3, -0.25) is 0 Å². The van der Waals surface area contributed by atoms with Crippen LogP contribution in [0, 0.1) is 12.7 Å². The van der Waals surface area contributed by atoms with E-state index >= 15 is 0 Å². The second-order valence-electron chi connectivity index (χ2n) is 4.40. The summed E-state index contributed by atoms with van der Waals surface area (Å²) in [6.07, 6.45) is 0. The smallest absolute Gasteiger partial charge is 0.340 e. The maximum Gasteiger partial charge on any atom is 0.340 e. The van der Waals surface area contributed by atoms with Crippen LogP contribution < -0.4 is 5.73 Å². The van der Waals surface area contributed by atoms with Gasteiger partial charge in [0.2, 0.25) is 0 Å². The Morgan fingerprint density at radius 1 is 1.30 bits per heavy atom. The molecule has 0 saturated heterocycles. The molecule has 104 valence electrons. The van der Waals surface area contributed by atoms with Gasteiger partial charge in [-0.1, -0.05) is 33.6 Å². The zero-order valence-corrected chi connectivity index (χ0v) is 12.4. The largest absolute Gasteiger partial charge is 0.457 e. The molecule has 0 radical (unpaired) electrons. The fourth-order valence-electron chi connectivity index (χ4n) is 1.71. The monoisotopic (exact) mass is 337 g/mol. The van der Waals surface area contributed by atoms with Crippen molar-refractivity contribution in [2.75, 3.05) is 5.73 Å². The van der Waals surface area contributed by atoms with E-state index in [0.717, 1.165) is 5.56 Å². The molecule has 3 nitrogen and oxygen atoms in total. The molecule has 0 aromatic heterocycles.